The third kappa shape index (κ3) is 2.43. The van der Waals surface area contributed by atoms with Gasteiger partial charge in [0.25, 0.3) is 0 Å². The van der Waals surface area contributed by atoms with Gasteiger partial charge >= 0.3 is 0 Å². The number of hydrogen-bond donors (Lipinski definition) is 1. The van der Waals surface area contributed by atoms with Gasteiger partial charge in [0.2, 0.25) is 5.91 Å². The van der Waals surface area contributed by atoms with Crippen molar-refractivity contribution >= 4 is 11.7 Å². The van der Waals surface area contributed by atoms with Crippen LogP contribution in [0.1, 0.15) is 65.2 Å². The molecule has 4 fully saturated rings. The predicted octanol–water partition coefficient (Wildman–Crippen LogP) is 3.27. The lowest BCUT2D eigenvalue weighted by atomic mass is 9.44. The van der Waals surface area contributed by atoms with Crippen molar-refractivity contribution in [3.8, 4) is 0 Å². The number of Topliss-reactive ketones (excluding diaryl/α,β-unsaturated/α-hetero) is 1. The topological polar surface area (TPSA) is 57.6 Å². The summed E-state index contributed by atoms with van der Waals surface area (Å²) in [5.74, 6) is 2.52. The van der Waals surface area contributed by atoms with Gasteiger partial charge in [0.15, 0.2) is 0 Å². The molecule has 0 heterocycles. The van der Waals surface area contributed by atoms with Crippen LogP contribution in [0.2, 0.25) is 0 Å². The smallest absolute Gasteiger partial charge is 0.225 e. The Balaban J connectivity index is 1.65. The minimum Gasteiger partial charge on any atom is -0.393 e. The molecule has 26 heavy (non-hydrogen) atoms. The molecule has 0 bridgehead atoms. The molecular formula is C22H35NO3. The number of carbonyl (C=O) groups is 2. The molecule has 0 saturated heterocycles. The van der Waals surface area contributed by atoms with Crippen LogP contribution in [0.3, 0.4) is 0 Å². The zero-order valence-corrected chi connectivity index (χ0v) is 16.8. The molecule has 4 heteroatoms. The summed E-state index contributed by atoms with van der Waals surface area (Å²) in [6, 6.07) is 0. The highest BCUT2D eigenvalue weighted by Crippen LogP contribution is 2.67. The first-order valence-electron chi connectivity index (χ1n) is 10.6. The lowest BCUT2D eigenvalue weighted by Crippen LogP contribution is -2.59. The second-order valence-corrected chi connectivity index (χ2v) is 10.5. The minimum absolute atomic E-state index is 0.0524. The van der Waals surface area contributed by atoms with E-state index >= 15 is 0 Å². The van der Waals surface area contributed by atoms with Crippen LogP contribution >= 0.6 is 0 Å². The molecule has 0 aliphatic heterocycles. The average molecular weight is 362 g/mol. The second kappa shape index (κ2) is 6.05. The maximum Gasteiger partial charge on any atom is 0.225 e. The number of rotatable bonds is 1. The van der Waals surface area contributed by atoms with E-state index < -0.39 is 0 Å². The minimum atomic E-state index is -0.335. The maximum atomic E-state index is 12.8. The van der Waals surface area contributed by atoms with Gasteiger partial charge in [-0.15, -0.1) is 0 Å². The molecule has 0 aromatic rings. The van der Waals surface area contributed by atoms with E-state index in [1.807, 2.05) is 14.1 Å². The van der Waals surface area contributed by atoms with E-state index in [1.54, 1.807) is 4.90 Å². The molecule has 0 aromatic heterocycles. The fourth-order valence-electron chi connectivity index (χ4n) is 7.89. The molecule has 4 aliphatic carbocycles. The molecule has 8 atom stereocenters. The molecule has 1 amide bonds. The van der Waals surface area contributed by atoms with Gasteiger partial charge in [0.1, 0.15) is 5.78 Å². The van der Waals surface area contributed by atoms with Crippen LogP contribution in [0, 0.1) is 40.4 Å². The third-order valence-corrected chi connectivity index (χ3v) is 9.15. The first-order chi connectivity index (χ1) is 12.2. The number of carbonyl (C=O) groups excluding carboxylic acids is 2. The van der Waals surface area contributed by atoms with Crippen LogP contribution < -0.4 is 0 Å². The van der Waals surface area contributed by atoms with E-state index in [9.17, 15) is 14.7 Å². The van der Waals surface area contributed by atoms with Crippen LogP contribution in [0.15, 0.2) is 0 Å². The number of aliphatic hydroxyl groups excluding tert-OH is 1. The largest absolute Gasteiger partial charge is 0.393 e. The van der Waals surface area contributed by atoms with E-state index in [1.165, 1.54) is 0 Å². The van der Waals surface area contributed by atoms with Gasteiger partial charge in [-0.05, 0) is 73.0 Å². The average Bonchev–Trinajstić information content (AvgIpc) is 2.90. The monoisotopic (exact) mass is 361 g/mol. The summed E-state index contributed by atoms with van der Waals surface area (Å²) in [7, 11) is 3.71. The standard InChI is InChI=1S/C22H35NO3/c1-21-10-9-14(24)11-13(21)5-6-15-16-7-8-17(20(26)23(3)4)22(16,2)12-18(25)19(15)21/h13,15-19,25H,5-12H2,1-4H3/t13?,15-,16-,17+,18-,19+,21-,22-/m0/s1. The summed E-state index contributed by atoms with van der Waals surface area (Å²) in [6.45, 7) is 4.62. The highest BCUT2D eigenvalue weighted by atomic mass is 16.3. The van der Waals surface area contributed by atoms with Crippen LogP contribution in [0.4, 0.5) is 0 Å². The Morgan fingerprint density at radius 1 is 1.12 bits per heavy atom. The van der Waals surface area contributed by atoms with Gasteiger partial charge in [0, 0.05) is 32.9 Å². The van der Waals surface area contributed by atoms with E-state index in [2.05, 4.69) is 13.8 Å². The predicted molar refractivity (Wildman–Crippen MR) is 100 cm³/mol. The summed E-state index contributed by atoms with van der Waals surface area (Å²) >= 11 is 0. The number of hydrogen-bond acceptors (Lipinski definition) is 3. The van der Waals surface area contributed by atoms with Crippen LogP contribution in [-0.2, 0) is 9.59 Å². The van der Waals surface area contributed by atoms with Crippen LogP contribution in [0.25, 0.3) is 0 Å². The van der Waals surface area contributed by atoms with E-state index in [4.69, 9.17) is 0 Å². The maximum absolute atomic E-state index is 12.8. The number of fused-ring (bicyclic) bond motifs is 5. The van der Waals surface area contributed by atoms with Gasteiger partial charge < -0.3 is 10.0 Å². The molecular weight excluding hydrogens is 326 g/mol. The molecule has 1 N–H and O–H groups in total. The Morgan fingerprint density at radius 3 is 2.54 bits per heavy atom. The number of ketones is 1. The van der Waals surface area contributed by atoms with Crippen molar-refractivity contribution in [3.05, 3.63) is 0 Å². The summed E-state index contributed by atoms with van der Waals surface area (Å²) < 4.78 is 0. The highest BCUT2D eigenvalue weighted by molar-refractivity contribution is 5.80. The molecule has 0 aromatic carbocycles. The SMILES string of the molecule is CN(C)C(=O)[C@H]1CC[C@H]2[C@@H]3CCC4CC(=O)CC[C@]4(C)[C@H]3[C@@H](O)C[C@]12C. The van der Waals surface area contributed by atoms with Crippen molar-refractivity contribution in [2.45, 2.75) is 71.3 Å². The van der Waals surface area contributed by atoms with Crippen LogP contribution in [0.5, 0.6) is 0 Å². The summed E-state index contributed by atoms with van der Waals surface area (Å²) in [5, 5.41) is 11.3. The Morgan fingerprint density at radius 2 is 1.85 bits per heavy atom. The van der Waals surface area contributed by atoms with Gasteiger partial charge in [-0.25, -0.2) is 0 Å². The van der Waals surface area contributed by atoms with Crippen molar-refractivity contribution in [2.24, 2.45) is 40.4 Å². The third-order valence-electron chi connectivity index (χ3n) is 9.15. The van der Waals surface area contributed by atoms with Gasteiger partial charge in [-0.1, -0.05) is 13.8 Å². The fraction of sp³-hybridized carbons (Fsp3) is 0.909. The van der Waals surface area contributed by atoms with Gasteiger partial charge in [-0.2, -0.15) is 0 Å². The van der Waals surface area contributed by atoms with Crippen molar-refractivity contribution in [1.82, 2.24) is 4.90 Å². The first-order valence-corrected chi connectivity index (χ1v) is 10.6. The van der Waals surface area contributed by atoms with Gasteiger partial charge in [-0.3, -0.25) is 9.59 Å². The summed E-state index contributed by atoms with van der Waals surface area (Å²) in [4.78, 5) is 26.6. The fourth-order valence-corrected chi connectivity index (χ4v) is 7.89. The number of nitrogens with zero attached hydrogens (tertiary/aromatic N) is 1. The molecule has 0 radical (unpaired) electrons. The molecule has 4 nitrogen and oxygen atoms in total. The quantitative estimate of drug-likeness (QED) is 0.780. The second-order valence-electron chi connectivity index (χ2n) is 10.5. The molecule has 4 rings (SSSR count). The Bertz CT molecular complexity index is 617. The Labute approximate surface area is 157 Å². The van der Waals surface area contributed by atoms with Gasteiger partial charge in [0.05, 0.1) is 6.10 Å². The number of amides is 1. The van der Waals surface area contributed by atoms with E-state index in [0.29, 0.717) is 35.9 Å². The molecule has 1 unspecified atom stereocenters. The van der Waals surface area contributed by atoms with Crippen molar-refractivity contribution in [3.63, 3.8) is 0 Å². The first kappa shape index (κ1) is 18.5. The summed E-state index contributed by atoms with van der Waals surface area (Å²) in [6.07, 6.45) is 7.09. The van der Waals surface area contributed by atoms with E-state index in [0.717, 1.165) is 44.9 Å². The van der Waals surface area contributed by atoms with Crippen LogP contribution in [-0.4, -0.2) is 41.9 Å². The zero-order chi connectivity index (χ0) is 18.9. The summed E-state index contributed by atoms with van der Waals surface area (Å²) in [5.41, 5.74) is 0.0246. The Kier molecular flexibility index (Phi) is 4.30. The van der Waals surface area contributed by atoms with E-state index in [-0.39, 0.29) is 28.8 Å². The van der Waals surface area contributed by atoms with Crippen molar-refractivity contribution < 1.29 is 14.7 Å². The van der Waals surface area contributed by atoms with Crippen molar-refractivity contribution in [1.29, 1.82) is 0 Å². The lowest BCUT2D eigenvalue weighted by molar-refractivity contribution is -0.176. The Hall–Kier alpha value is -0.900. The zero-order valence-electron chi connectivity index (χ0n) is 16.8. The molecule has 4 aliphatic rings. The molecule has 0 spiro atoms. The molecule has 146 valence electrons. The normalized spacial score (nSPS) is 50.6. The number of aliphatic hydroxyl groups is 1. The molecule has 4 saturated carbocycles. The highest BCUT2D eigenvalue weighted by Gasteiger charge is 2.64. The lowest BCUT2D eigenvalue weighted by Gasteiger charge is -2.61. The van der Waals surface area contributed by atoms with Crippen molar-refractivity contribution in [2.75, 3.05) is 14.1 Å².